The van der Waals surface area contributed by atoms with Crippen LogP contribution >= 0.6 is 7.60 Å². The van der Waals surface area contributed by atoms with Crippen LogP contribution in [0.15, 0.2) is 0 Å². The van der Waals surface area contributed by atoms with Gasteiger partial charge in [0.25, 0.3) is 0 Å². The zero-order valence-electron chi connectivity index (χ0n) is 6.09. The van der Waals surface area contributed by atoms with Crippen molar-refractivity contribution >= 4 is 7.60 Å². The molecule has 0 unspecified atom stereocenters. The molecule has 0 spiro atoms. The zero-order valence-corrected chi connectivity index (χ0v) is 7.93. The fourth-order valence-corrected chi connectivity index (χ4v) is 1.29. The summed E-state index contributed by atoms with van der Waals surface area (Å²) in [5, 5.41) is 0. The van der Waals surface area contributed by atoms with Crippen LogP contribution in [-0.2, 0) is 30.7 Å². The molecule has 0 bridgehead atoms. The molecule has 0 heterocycles. The van der Waals surface area contributed by atoms with Crippen LogP contribution in [0.5, 0.6) is 0 Å². The van der Waals surface area contributed by atoms with Gasteiger partial charge >= 0.3 is 17.1 Å². The summed E-state index contributed by atoms with van der Waals surface area (Å²) in [4.78, 5) is 0. The van der Waals surface area contributed by atoms with Gasteiger partial charge < -0.3 is 9.05 Å². The normalized spacial score (nSPS) is 10.7. The van der Waals surface area contributed by atoms with E-state index in [2.05, 4.69) is 6.66 Å². The summed E-state index contributed by atoms with van der Waals surface area (Å²) in [6, 6.07) is 0. The first-order valence-corrected chi connectivity index (χ1v) is 4.58. The molecule has 0 N–H and O–H groups in total. The Labute approximate surface area is 72.5 Å². The summed E-state index contributed by atoms with van der Waals surface area (Å²) in [5.74, 6) is 0. The van der Waals surface area contributed by atoms with Gasteiger partial charge in [0.2, 0.25) is 0 Å². The first kappa shape index (κ1) is 13.3. The Balaban J connectivity index is 0. The van der Waals surface area contributed by atoms with Gasteiger partial charge in [-0.1, -0.05) is 0 Å². The summed E-state index contributed by atoms with van der Waals surface area (Å²) in [7, 11) is -2.94. The summed E-state index contributed by atoms with van der Waals surface area (Å²) < 4.78 is 20.2. The first-order valence-electron chi connectivity index (χ1n) is 2.86. The molecule has 0 radical (unpaired) electrons. The van der Waals surface area contributed by atoms with E-state index in [1.54, 1.807) is 13.8 Å². The van der Waals surface area contributed by atoms with Gasteiger partial charge in [-0.25, -0.2) is 6.66 Å². The molecule has 0 aromatic carbocycles. The van der Waals surface area contributed by atoms with Crippen molar-refractivity contribution in [1.29, 1.82) is 0 Å². The quantitative estimate of drug-likeness (QED) is 0.408. The number of hydrogen-bond acceptors (Lipinski definition) is 3. The van der Waals surface area contributed by atoms with Crippen LogP contribution < -0.4 is 0 Å². The molecule has 10 heavy (non-hydrogen) atoms. The van der Waals surface area contributed by atoms with E-state index in [0.717, 1.165) is 0 Å². The minimum absolute atomic E-state index is 0. The largest absolute Gasteiger partial charge is 1.00 e. The topological polar surface area (TPSA) is 35.5 Å². The Kier molecular flexibility index (Phi) is 8.47. The smallest absolute Gasteiger partial charge is 0.331 e. The van der Waals surface area contributed by atoms with E-state index in [9.17, 15) is 4.57 Å². The molecule has 0 aromatic rings. The maximum Gasteiger partial charge on any atom is 1.00 e. The van der Waals surface area contributed by atoms with E-state index in [1.165, 1.54) is 0 Å². The first-order chi connectivity index (χ1) is 4.12. The average Bonchev–Trinajstić information content (AvgIpc) is 1.64. The molecule has 0 saturated carbocycles. The molecular formula is C5H12CuO3P. The second-order valence-electron chi connectivity index (χ2n) is 1.45. The van der Waals surface area contributed by atoms with Crippen molar-refractivity contribution in [2.75, 3.05) is 13.2 Å². The maximum absolute atomic E-state index is 10.9. The summed E-state index contributed by atoms with van der Waals surface area (Å²) in [5.41, 5.74) is 0. The zero-order chi connectivity index (χ0) is 7.33. The molecule has 0 rings (SSSR count). The van der Waals surface area contributed by atoms with E-state index in [0.29, 0.717) is 13.2 Å². The van der Waals surface area contributed by atoms with Crippen LogP contribution in [0.4, 0.5) is 0 Å². The molecule has 0 fully saturated rings. The Hall–Kier alpha value is 0.669. The van der Waals surface area contributed by atoms with Gasteiger partial charge in [-0.3, -0.25) is 4.57 Å². The molecular weight excluding hydrogens is 203 g/mol. The fourth-order valence-electron chi connectivity index (χ4n) is 0.431. The van der Waals surface area contributed by atoms with Crippen molar-refractivity contribution in [3.8, 4) is 0 Å². The van der Waals surface area contributed by atoms with Crippen molar-refractivity contribution in [1.82, 2.24) is 0 Å². The van der Waals surface area contributed by atoms with Gasteiger partial charge in [-0.2, -0.15) is 0 Å². The van der Waals surface area contributed by atoms with Gasteiger partial charge in [0, 0.05) is 0 Å². The van der Waals surface area contributed by atoms with Crippen LogP contribution in [0, 0.1) is 6.66 Å². The van der Waals surface area contributed by atoms with Crippen molar-refractivity contribution in [2.24, 2.45) is 0 Å². The van der Waals surface area contributed by atoms with E-state index in [4.69, 9.17) is 9.05 Å². The van der Waals surface area contributed by atoms with Crippen molar-refractivity contribution in [2.45, 2.75) is 13.8 Å². The SMILES string of the molecule is [CH2-]P(=O)(OCC)OCC.[Cu+]. The van der Waals surface area contributed by atoms with E-state index in [-0.39, 0.29) is 17.1 Å². The second kappa shape index (κ2) is 6.38. The van der Waals surface area contributed by atoms with Gasteiger partial charge in [0.1, 0.15) is 0 Å². The van der Waals surface area contributed by atoms with E-state index < -0.39 is 7.60 Å². The average molecular weight is 215 g/mol. The molecule has 0 saturated heterocycles. The van der Waals surface area contributed by atoms with Gasteiger partial charge in [-0.15, -0.1) is 0 Å². The van der Waals surface area contributed by atoms with E-state index >= 15 is 0 Å². The number of hydrogen-bond donors (Lipinski definition) is 0. The maximum atomic E-state index is 10.9. The predicted octanol–water partition coefficient (Wildman–Crippen LogP) is 2.04. The van der Waals surface area contributed by atoms with Gasteiger partial charge in [-0.05, 0) is 13.8 Å². The predicted molar refractivity (Wildman–Crippen MR) is 36.2 cm³/mol. The summed E-state index contributed by atoms with van der Waals surface area (Å²) in [6.07, 6.45) is 0. The number of rotatable bonds is 4. The standard InChI is InChI=1S/C5H12O3P.Cu/c1-4-7-9(3,6)8-5-2;/h3-5H2,1-2H3;/q-1;+1. The van der Waals surface area contributed by atoms with Crippen LogP contribution in [0.3, 0.4) is 0 Å². The Bertz CT molecular complexity index is 107. The molecule has 0 amide bonds. The van der Waals surface area contributed by atoms with Crippen molar-refractivity contribution in [3.05, 3.63) is 6.66 Å². The second-order valence-corrected chi connectivity index (χ2v) is 3.18. The van der Waals surface area contributed by atoms with Crippen LogP contribution in [-0.4, -0.2) is 13.2 Å². The fraction of sp³-hybridized carbons (Fsp3) is 0.800. The minimum Gasteiger partial charge on any atom is -0.331 e. The van der Waals surface area contributed by atoms with Crippen LogP contribution in [0.1, 0.15) is 13.8 Å². The molecule has 0 aliphatic rings. The minimum atomic E-state index is -2.94. The Morgan fingerprint density at radius 2 is 1.60 bits per heavy atom. The molecule has 0 aliphatic carbocycles. The Morgan fingerprint density at radius 1 is 1.30 bits per heavy atom. The molecule has 0 atom stereocenters. The van der Waals surface area contributed by atoms with Crippen LogP contribution in [0.25, 0.3) is 0 Å². The third-order valence-electron chi connectivity index (χ3n) is 0.652. The summed E-state index contributed by atoms with van der Waals surface area (Å²) in [6.45, 7) is 7.51. The molecule has 3 nitrogen and oxygen atoms in total. The Morgan fingerprint density at radius 3 is 1.80 bits per heavy atom. The van der Waals surface area contributed by atoms with E-state index in [1.807, 2.05) is 0 Å². The molecule has 5 heteroatoms. The van der Waals surface area contributed by atoms with Crippen LogP contribution in [0.2, 0.25) is 0 Å². The van der Waals surface area contributed by atoms with Gasteiger partial charge in [0.05, 0.1) is 13.2 Å². The molecule has 0 aromatic heterocycles. The van der Waals surface area contributed by atoms with Crippen molar-refractivity contribution in [3.63, 3.8) is 0 Å². The molecule has 66 valence electrons. The third kappa shape index (κ3) is 6.78. The third-order valence-corrected chi connectivity index (χ3v) is 1.95. The molecule has 0 aliphatic heterocycles. The van der Waals surface area contributed by atoms with Gasteiger partial charge in [0.15, 0.2) is 7.60 Å². The summed E-state index contributed by atoms with van der Waals surface area (Å²) >= 11 is 0. The monoisotopic (exact) mass is 214 g/mol. The van der Waals surface area contributed by atoms with Crippen molar-refractivity contribution < 1.29 is 30.7 Å².